The first-order chi connectivity index (χ1) is 10.1. The van der Waals surface area contributed by atoms with Gasteiger partial charge in [0.15, 0.2) is 0 Å². The zero-order valence-electron chi connectivity index (χ0n) is 12.1. The van der Waals surface area contributed by atoms with Crippen LogP contribution < -0.4 is 5.32 Å². The van der Waals surface area contributed by atoms with E-state index in [0.717, 1.165) is 11.1 Å². The first-order valence-electron chi connectivity index (χ1n) is 6.60. The first-order valence-corrected chi connectivity index (χ1v) is 6.60. The molecule has 0 atom stereocenters. The summed E-state index contributed by atoms with van der Waals surface area (Å²) in [7, 11) is 1.76. The molecule has 0 aliphatic carbocycles. The van der Waals surface area contributed by atoms with Gasteiger partial charge in [0, 0.05) is 30.9 Å². The number of aromatic nitrogens is 2. The molecule has 108 valence electrons. The molecule has 1 aromatic carbocycles. The van der Waals surface area contributed by atoms with Crippen LogP contribution in [0.5, 0.6) is 0 Å². The minimum atomic E-state index is -0.193. The highest BCUT2D eigenvalue weighted by Crippen LogP contribution is 2.15. The minimum Gasteiger partial charge on any atom is -0.395 e. The number of nitrogens with zero attached hydrogens (tertiary/aromatic N) is 2. The molecule has 1 heterocycles. The average molecular weight is 283 g/mol. The molecule has 0 aliphatic heterocycles. The maximum absolute atomic E-state index is 12.0. The summed E-state index contributed by atoms with van der Waals surface area (Å²) < 4.78 is 1.58. The van der Waals surface area contributed by atoms with E-state index < -0.39 is 0 Å². The topological polar surface area (TPSA) is 67.2 Å². The number of rotatable bonds is 3. The molecule has 1 aromatic heterocycles. The lowest BCUT2D eigenvalue weighted by atomic mass is 10.1. The number of aliphatic hydroxyl groups is 1. The smallest absolute Gasteiger partial charge is 0.258 e. The highest BCUT2D eigenvalue weighted by atomic mass is 16.2. The number of nitrogens with one attached hydrogen (secondary N) is 1. The Labute approximate surface area is 123 Å². The van der Waals surface area contributed by atoms with Crippen LogP contribution in [0.1, 0.15) is 27.9 Å². The highest BCUT2D eigenvalue weighted by molar-refractivity contribution is 6.04. The number of carbonyl (C=O) groups is 1. The van der Waals surface area contributed by atoms with Crippen molar-refractivity contribution in [3.63, 3.8) is 0 Å². The van der Waals surface area contributed by atoms with Gasteiger partial charge in [-0.3, -0.25) is 9.48 Å². The van der Waals surface area contributed by atoms with Gasteiger partial charge in [-0.05, 0) is 30.7 Å². The Morgan fingerprint density at radius 3 is 2.90 bits per heavy atom. The Morgan fingerprint density at radius 1 is 1.48 bits per heavy atom. The molecule has 0 fully saturated rings. The molecule has 0 aliphatic rings. The Balaban J connectivity index is 2.10. The molecule has 0 unspecified atom stereocenters. The lowest BCUT2D eigenvalue weighted by molar-refractivity contribution is 0.102. The second kappa shape index (κ2) is 6.73. The maximum atomic E-state index is 12.0. The fraction of sp³-hybridized carbons (Fsp3) is 0.250. The first kappa shape index (κ1) is 14.8. The van der Waals surface area contributed by atoms with Crippen LogP contribution in [-0.2, 0) is 7.05 Å². The van der Waals surface area contributed by atoms with Crippen LogP contribution >= 0.6 is 0 Å². The van der Waals surface area contributed by atoms with E-state index in [-0.39, 0.29) is 12.5 Å². The number of benzene rings is 1. The molecular weight excluding hydrogens is 266 g/mol. The maximum Gasteiger partial charge on any atom is 0.258 e. The molecule has 0 spiro atoms. The van der Waals surface area contributed by atoms with Crippen molar-refractivity contribution in [2.75, 3.05) is 11.9 Å². The van der Waals surface area contributed by atoms with E-state index in [0.29, 0.717) is 17.7 Å². The summed E-state index contributed by atoms with van der Waals surface area (Å²) in [6, 6.07) is 5.54. The van der Waals surface area contributed by atoms with Crippen molar-refractivity contribution < 1.29 is 9.90 Å². The largest absolute Gasteiger partial charge is 0.395 e. The summed E-state index contributed by atoms with van der Waals surface area (Å²) in [6.45, 7) is 1.99. The van der Waals surface area contributed by atoms with Gasteiger partial charge in [0.05, 0.1) is 18.4 Å². The van der Waals surface area contributed by atoms with Crippen molar-refractivity contribution in [1.82, 2.24) is 9.78 Å². The summed E-state index contributed by atoms with van der Waals surface area (Å²) >= 11 is 0. The molecule has 0 radical (unpaired) electrons. The lowest BCUT2D eigenvalue weighted by Gasteiger charge is -2.06. The zero-order valence-corrected chi connectivity index (χ0v) is 12.1. The number of hydrogen-bond donors (Lipinski definition) is 2. The van der Waals surface area contributed by atoms with E-state index in [4.69, 9.17) is 5.11 Å². The van der Waals surface area contributed by atoms with Crippen LogP contribution in [0.3, 0.4) is 0 Å². The summed E-state index contributed by atoms with van der Waals surface area (Å²) in [5, 5.41) is 15.5. The Morgan fingerprint density at radius 2 is 2.29 bits per heavy atom. The fourth-order valence-electron chi connectivity index (χ4n) is 1.84. The normalized spacial score (nSPS) is 9.86. The molecule has 2 N–H and O–H groups in total. The lowest BCUT2D eigenvalue weighted by Crippen LogP contribution is -2.11. The quantitative estimate of drug-likeness (QED) is 0.843. The second-order valence-electron chi connectivity index (χ2n) is 4.66. The van der Waals surface area contributed by atoms with Crippen LogP contribution in [0.15, 0.2) is 30.6 Å². The van der Waals surface area contributed by atoms with Gasteiger partial charge in [0.1, 0.15) is 0 Å². The molecule has 2 aromatic rings. The number of hydrogen-bond acceptors (Lipinski definition) is 3. The summed E-state index contributed by atoms with van der Waals surface area (Å²) in [5.74, 6) is 5.68. The number of anilines is 1. The highest BCUT2D eigenvalue weighted by Gasteiger charge is 2.08. The minimum absolute atomic E-state index is 0.0608. The molecule has 5 nitrogen and oxygen atoms in total. The average Bonchev–Trinajstić information content (AvgIpc) is 2.88. The van der Waals surface area contributed by atoms with E-state index in [1.165, 1.54) is 6.20 Å². The van der Waals surface area contributed by atoms with Crippen LogP contribution in [-0.4, -0.2) is 27.4 Å². The van der Waals surface area contributed by atoms with Crippen LogP contribution in [0.2, 0.25) is 0 Å². The molecular formula is C16H17N3O2. The molecule has 0 saturated carbocycles. The van der Waals surface area contributed by atoms with E-state index in [1.54, 1.807) is 17.9 Å². The number of aliphatic hydroxyl groups excluding tert-OH is 1. The van der Waals surface area contributed by atoms with E-state index in [9.17, 15) is 4.79 Å². The van der Waals surface area contributed by atoms with Crippen molar-refractivity contribution in [3.05, 3.63) is 47.3 Å². The molecule has 5 heteroatoms. The summed E-state index contributed by atoms with van der Waals surface area (Å²) in [6.07, 6.45) is 3.65. The van der Waals surface area contributed by atoms with Gasteiger partial charge >= 0.3 is 0 Å². The SMILES string of the molecule is Cc1cc(NC(=O)c2cnn(C)c2)ccc1C#CCCO. The van der Waals surface area contributed by atoms with Crippen molar-refractivity contribution in [2.45, 2.75) is 13.3 Å². The van der Waals surface area contributed by atoms with Crippen LogP contribution in [0, 0.1) is 18.8 Å². The third-order valence-electron chi connectivity index (χ3n) is 2.91. The third-order valence-corrected chi connectivity index (χ3v) is 2.91. The molecule has 1 amide bonds. The Bertz CT molecular complexity index is 708. The van der Waals surface area contributed by atoms with Crippen LogP contribution in [0.25, 0.3) is 0 Å². The summed E-state index contributed by atoms with van der Waals surface area (Å²) in [5.41, 5.74) is 3.10. The second-order valence-corrected chi connectivity index (χ2v) is 4.66. The number of aryl methyl sites for hydroxylation is 2. The predicted molar refractivity (Wildman–Crippen MR) is 80.9 cm³/mol. The van der Waals surface area contributed by atoms with Gasteiger partial charge in [-0.25, -0.2) is 0 Å². The monoisotopic (exact) mass is 283 g/mol. The van der Waals surface area contributed by atoms with Crippen molar-refractivity contribution >= 4 is 11.6 Å². The molecule has 0 saturated heterocycles. The van der Waals surface area contributed by atoms with Crippen molar-refractivity contribution in [3.8, 4) is 11.8 Å². The summed E-state index contributed by atoms with van der Waals surface area (Å²) in [4.78, 5) is 12.0. The predicted octanol–water partition coefficient (Wildman–Crippen LogP) is 1.71. The van der Waals surface area contributed by atoms with E-state index in [2.05, 4.69) is 22.3 Å². The third kappa shape index (κ3) is 3.94. The van der Waals surface area contributed by atoms with Gasteiger partial charge in [-0.1, -0.05) is 11.8 Å². The zero-order chi connectivity index (χ0) is 15.2. The van der Waals surface area contributed by atoms with Gasteiger partial charge < -0.3 is 10.4 Å². The number of carbonyl (C=O) groups excluding carboxylic acids is 1. The Hall–Kier alpha value is -2.58. The van der Waals surface area contributed by atoms with Crippen LogP contribution in [0.4, 0.5) is 5.69 Å². The fourth-order valence-corrected chi connectivity index (χ4v) is 1.84. The Kier molecular flexibility index (Phi) is 4.75. The van der Waals surface area contributed by atoms with E-state index >= 15 is 0 Å². The van der Waals surface area contributed by atoms with Gasteiger partial charge in [-0.15, -0.1) is 0 Å². The number of amides is 1. The molecule has 0 bridgehead atoms. The van der Waals surface area contributed by atoms with Gasteiger partial charge in [0.2, 0.25) is 0 Å². The standard InChI is InChI=1S/C16H17N3O2/c1-12-9-15(7-6-13(12)5-3-4-8-20)18-16(21)14-10-17-19(2)11-14/h6-7,9-11,20H,4,8H2,1-2H3,(H,18,21). The van der Waals surface area contributed by atoms with E-state index in [1.807, 2.05) is 25.1 Å². The van der Waals surface area contributed by atoms with Crippen molar-refractivity contribution in [2.24, 2.45) is 7.05 Å². The van der Waals surface area contributed by atoms with Gasteiger partial charge in [-0.2, -0.15) is 5.10 Å². The molecule has 21 heavy (non-hydrogen) atoms. The molecule has 2 rings (SSSR count). The van der Waals surface area contributed by atoms with Gasteiger partial charge in [0.25, 0.3) is 5.91 Å². The van der Waals surface area contributed by atoms with Crippen molar-refractivity contribution in [1.29, 1.82) is 0 Å².